The Morgan fingerprint density at radius 2 is 2.12 bits per heavy atom. The second-order valence-corrected chi connectivity index (χ2v) is 6.62. The van der Waals surface area contributed by atoms with Crippen LogP contribution in [0.1, 0.15) is 30.1 Å². The SMILES string of the molecule is CCCOCCNC(=O)C[C@H]1COc2ccc(C(=O)N(C)C)cc2N1C. The first kappa shape index (κ1) is 20.0. The van der Waals surface area contributed by atoms with Crippen molar-refractivity contribution >= 4 is 17.5 Å². The highest BCUT2D eigenvalue weighted by Crippen LogP contribution is 2.34. The predicted octanol–water partition coefficient (Wildman–Crippen LogP) is 1.52. The number of amides is 2. The van der Waals surface area contributed by atoms with Crippen LogP contribution in [-0.2, 0) is 9.53 Å². The first-order chi connectivity index (χ1) is 12.4. The van der Waals surface area contributed by atoms with Gasteiger partial charge in [0.05, 0.1) is 24.8 Å². The number of nitrogens with zero attached hydrogens (tertiary/aromatic N) is 2. The Bertz CT molecular complexity index is 633. The summed E-state index contributed by atoms with van der Waals surface area (Å²) in [6.45, 7) is 4.22. The van der Waals surface area contributed by atoms with E-state index in [1.165, 1.54) is 4.90 Å². The van der Waals surface area contributed by atoms with Crippen molar-refractivity contribution in [2.24, 2.45) is 0 Å². The summed E-state index contributed by atoms with van der Waals surface area (Å²) in [5.74, 6) is 0.634. The van der Waals surface area contributed by atoms with Crippen LogP contribution in [0.3, 0.4) is 0 Å². The molecule has 1 heterocycles. The molecule has 2 amide bonds. The van der Waals surface area contributed by atoms with Crippen molar-refractivity contribution in [2.75, 3.05) is 52.4 Å². The highest BCUT2D eigenvalue weighted by atomic mass is 16.5. The van der Waals surface area contributed by atoms with E-state index < -0.39 is 0 Å². The maximum Gasteiger partial charge on any atom is 0.253 e. The van der Waals surface area contributed by atoms with Crippen LogP contribution >= 0.6 is 0 Å². The average Bonchev–Trinajstić information content (AvgIpc) is 2.63. The molecule has 1 aromatic rings. The molecule has 144 valence electrons. The molecule has 0 aliphatic carbocycles. The van der Waals surface area contributed by atoms with Gasteiger partial charge in [0.15, 0.2) is 0 Å². The molecule has 0 saturated heterocycles. The number of hydrogen-bond donors (Lipinski definition) is 1. The van der Waals surface area contributed by atoms with Crippen LogP contribution in [0.5, 0.6) is 5.75 Å². The second kappa shape index (κ2) is 9.43. The molecular formula is C19H29N3O4. The highest BCUT2D eigenvalue weighted by Gasteiger charge is 2.27. The Labute approximate surface area is 155 Å². The van der Waals surface area contributed by atoms with Gasteiger partial charge in [-0.15, -0.1) is 0 Å². The van der Waals surface area contributed by atoms with Crippen LogP contribution in [0, 0.1) is 0 Å². The van der Waals surface area contributed by atoms with Crippen molar-refractivity contribution in [3.8, 4) is 5.75 Å². The summed E-state index contributed by atoms with van der Waals surface area (Å²) in [5, 5.41) is 2.87. The van der Waals surface area contributed by atoms with Gasteiger partial charge in [-0.25, -0.2) is 0 Å². The van der Waals surface area contributed by atoms with E-state index in [2.05, 4.69) is 5.32 Å². The number of anilines is 1. The third-order valence-corrected chi connectivity index (χ3v) is 4.31. The van der Waals surface area contributed by atoms with Crippen LogP contribution < -0.4 is 15.0 Å². The molecule has 0 bridgehead atoms. The molecule has 26 heavy (non-hydrogen) atoms. The minimum Gasteiger partial charge on any atom is -0.489 e. The van der Waals surface area contributed by atoms with E-state index in [9.17, 15) is 9.59 Å². The normalized spacial score (nSPS) is 15.8. The van der Waals surface area contributed by atoms with Gasteiger partial charge >= 0.3 is 0 Å². The Morgan fingerprint density at radius 1 is 1.35 bits per heavy atom. The summed E-state index contributed by atoms with van der Waals surface area (Å²) >= 11 is 0. The number of ether oxygens (including phenoxy) is 2. The van der Waals surface area contributed by atoms with E-state index in [1.807, 2.05) is 31.0 Å². The van der Waals surface area contributed by atoms with Crippen LogP contribution in [0.4, 0.5) is 5.69 Å². The Balaban J connectivity index is 1.95. The van der Waals surface area contributed by atoms with Crippen molar-refractivity contribution < 1.29 is 19.1 Å². The first-order valence-electron chi connectivity index (χ1n) is 8.99. The fourth-order valence-corrected chi connectivity index (χ4v) is 2.79. The topological polar surface area (TPSA) is 71.1 Å². The van der Waals surface area contributed by atoms with Crippen LogP contribution in [0.2, 0.25) is 0 Å². The molecule has 0 unspecified atom stereocenters. The zero-order valence-corrected chi connectivity index (χ0v) is 16.1. The number of benzene rings is 1. The highest BCUT2D eigenvalue weighted by molar-refractivity contribution is 5.95. The molecule has 0 aromatic heterocycles. The molecule has 0 spiro atoms. The largest absolute Gasteiger partial charge is 0.489 e. The standard InChI is InChI=1S/C19H29N3O4/c1-5-9-25-10-8-20-18(23)12-15-13-26-17-7-6-14(19(24)21(2)3)11-16(17)22(15)4/h6-7,11,15H,5,8-10,12-13H2,1-4H3,(H,20,23)/t15-/m0/s1. The summed E-state index contributed by atoms with van der Waals surface area (Å²) in [6, 6.07) is 5.31. The third kappa shape index (κ3) is 5.11. The summed E-state index contributed by atoms with van der Waals surface area (Å²) < 4.78 is 11.1. The molecule has 1 aliphatic heterocycles. The lowest BCUT2D eigenvalue weighted by Gasteiger charge is -2.35. The van der Waals surface area contributed by atoms with Crippen LogP contribution in [0.15, 0.2) is 18.2 Å². The molecule has 1 aliphatic rings. The second-order valence-electron chi connectivity index (χ2n) is 6.62. The quantitative estimate of drug-likeness (QED) is 0.709. The van der Waals surface area contributed by atoms with Crippen molar-refractivity contribution in [3.05, 3.63) is 23.8 Å². The van der Waals surface area contributed by atoms with Gasteiger partial charge in [-0.05, 0) is 24.6 Å². The average molecular weight is 363 g/mol. The van der Waals surface area contributed by atoms with Gasteiger partial charge in [-0.3, -0.25) is 9.59 Å². The number of fused-ring (bicyclic) bond motifs is 1. The molecule has 7 heteroatoms. The van der Waals surface area contributed by atoms with Crippen molar-refractivity contribution in [1.82, 2.24) is 10.2 Å². The number of hydrogen-bond acceptors (Lipinski definition) is 5. The lowest BCUT2D eigenvalue weighted by Crippen LogP contribution is -2.44. The molecule has 1 atom stereocenters. The summed E-state index contributed by atoms with van der Waals surface area (Å²) in [6.07, 6.45) is 1.30. The van der Waals surface area contributed by atoms with E-state index in [0.29, 0.717) is 38.3 Å². The minimum atomic E-state index is -0.0798. The molecule has 0 saturated carbocycles. The summed E-state index contributed by atoms with van der Waals surface area (Å²) in [4.78, 5) is 27.9. The fraction of sp³-hybridized carbons (Fsp3) is 0.579. The number of carbonyl (C=O) groups is 2. The number of rotatable bonds is 8. The van der Waals surface area contributed by atoms with Gasteiger partial charge < -0.3 is 24.6 Å². The fourth-order valence-electron chi connectivity index (χ4n) is 2.79. The number of carbonyl (C=O) groups excluding carboxylic acids is 2. The van der Waals surface area contributed by atoms with Gasteiger partial charge in [0.2, 0.25) is 5.91 Å². The Hall–Kier alpha value is -2.28. The number of likely N-dealkylation sites (N-methyl/N-ethyl adjacent to an activating group) is 1. The monoisotopic (exact) mass is 363 g/mol. The molecule has 7 nitrogen and oxygen atoms in total. The van der Waals surface area contributed by atoms with Crippen molar-refractivity contribution in [2.45, 2.75) is 25.8 Å². The zero-order valence-electron chi connectivity index (χ0n) is 16.1. The van der Waals surface area contributed by atoms with Crippen LogP contribution in [-0.4, -0.2) is 70.3 Å². The van der Waals surface area contributed by atoms with Gasteiger partial charge in [0.25, 0.3) is 5.91 Å². The zero-order chi connectivity index (χ0) is 19.1. The first-order valence-corrected chi connectivity index (χ1v) is 8.99. The predicted molar refractivity (Wildman–Crippen MR) is 101 cm³/mol. The van der Waals surface area contributed by atoms with Gasteiger partial charge in [-0.2, -0.15) is 0 Å². The van der Waals surface area contributed by atoms with E-state index >= 15 is 0 Å². The van der Waals surface area contributed by atoms with Gasteiger partial charge in [0, 0.05) is 39.9 Å². The lowest BCUT2D eigenvalue weighted by molar-refractivity contribution is -0.121. The molecule has 2 rings (SSSR count). The minimum absolute atomic E-state index is 0.0329. The number of nitrogens with one attached hydrogen (secondary N) is 1. The van der Waals surface area contributed by atoms with E-state index in [4.69, 9.17) is 9.47 Å². The van der Waals surface area contributed by atoms with E-state index in [-0.39, 0.29) is 17.9 Å². The van der Waals surface area contributed by atoms with Gasteiger partial charge in [0.1, 0.15) is 12.4 Å². The molecule has 1 aromatic carbocycles. The maximum absolute atomic E-state index is 12.2. The smallest absolute Gasteiger partial charge is 0.253 e. The Kier molecular flexibility index (Phi) is 7.26. The van der Waals surface area contributed by atoms with Crippen LogP contribution in [0.25, 0.3) is 0 Å². The molecule has 0 fully saturated rings. The molecular weight excluding hydrogens is 334 g/mol. The summed E-state index contributed by atoms with van der Waals surface area (Å²) in [7, 11) is 5.37. The maximum atomic E-state index is 12.2. The van der Waals surface area contributed by atoms with E-state index in [0.717, 1.165) is 17.9 Å². The lowest BCUT2D eigenvalue weighted by atomic mass is 10.1. The van der Waals surface area contributed by atoms with Gasteiger partial charge in [-0.1, -0.05) is 6.92 Å². The molecule has 1 N–H and O–H groups in total. The van der Waals surface area contributed by atoms with Crippen molar-refractivity contribution in [3.63, 3.8) is 0 Å². The van der Waals surface area contributed by atoms with Crippen molar-refractivity contribution in [1.29, 1.82) is 0 Å². The Morgan fingerprint density at radius 3 is 2.81 bits per heavy atom. The molecule has 0 radical (unpaired) electrons. The third-order valence-electron chi connectivity index (χ3n) is 4.31. The van der Waals surface area contributed by atoms with E-state index in [1.54, 1.807) is 20.2 Å². The summed E-state index contributed by atoms with van der Waals surface area (Å²) in [5.41, 5.74) is 1.43.